The predicted octanol–water partition coefficient (Wildman–Crippen LogP) is 3.96. The average Bonchev–Trinajstić information content (AvgIpc) is 3.48. The zero-order valence-electron chi connectivity index (χ0n) is 24.8. The van der Waals surface area contributed by atoms with Gasteiger partial charge in [-0.3, -0.25) is 28.8 Å². The molecule has 0 aliphatic heterocycles. The molecule has 3 aliphatic carbocycles. The highest BCUT2D eigenvalue weighted by molar-refractivity contribution is 7.99. The lowest BCUT2D eigenvalue weighted by Gasteiger charge is -2.29. The van der Waals surface area contributed by atoms with Gasteiger partial charge in [0.25, 0.3) is 5.56 Å². The fraction of sp³-hybridized carbons (Fsp3) is 0.235. The molecule has 1 unspecified atom stereocenters. The Morgan fingerprint density at radius 2 is 1.67 bits per heavy atom. The summed E-state index contributed by atoms with van der Waals surface area (Å²) in [7, 11) is 1.12. The zero-order chi connectivity index (χ0) is 33.2. The van der Waals surface area contributed by atoms with E-state index >= 15 is 0 Å². The van der Waals surface area contributed by atoms with Crippen molar-refractivity contribution in [1.29, 1.82) is 0 Å². The van der Waals surface area contributed by atoms with Crippen LogP contribution >= 0.6 is 11.8 Å². The summed E-state index contributed by atoms with van der Waals surface area (Å²) in [6, 6.07) is 3.13. The van der Waals surface area contributed by atoms with Crippen LogP contribution in [0.3, 0.4) is 0 Å². The van der Waals surface area contributed by atoms with Crippen LogP contribution in [0.25, 0.3) is 16.8 Å². The van der Waals surface area contributed by atoms with Gasteiger partial charge in [-0.25, -0.2) is 0 Å². The van der Waals surface area contributed by atoms with Crippen LogP contribution in [0, 0.1) is 5.92 Å². The van der Waals surface area contributed by atoms with Crippen molar-refractivity contribution in [2.45, 2.75) is 25.7 Å². The van der Waals surface area contributed by atoms with Gasteiger partial charge in [0.1, 0.15) is 28.4 Å². The van der Waals surface area contributed by atoms with Gasteiger partial charge < -0.3 is 25.0 Å². The SMILES string of the molecule is C/C=C/C=C/c1cc2cc3c(c(O)c2c(=O)[nH]1)[C@]1(C(=O)c2c(O)c4c(c(O)c2C1=O)C(=O)C(OC)=CC4=O)C(C(=O)CSCC)C3. The summed E-state index contributed by atoms with van der Waals surface area (Å²) in [4.78, 5) is 85.2. The Morgan fingerprint density at radius 1 is 1.00 bits per heavy atom. The molecule has 11 nitrogen and oxygen atoms in total. The van der Waals surface area contributed by atoms with Crippen molar-refractivity contribution in [1.82, 2.24) is 4.98 Å². The van der Waals surface area contributed by atoms with Crippen LogP contribution in [-0.2, 0) is 21.4 Å². The molecule has 1 spiro atoms. The van der Waals surface area contributed by atoms with E-state index in [0.29, 0.717) is 11.4 Å². The van der Waals surface area contributed by atoms with Crippen molar-refractivity contribution in [3.8, 4) is 17.2 Å². The Hall–Kier alpha value is -5.23. The molecule has 3 aliphatic rings. The number of H-pyrrole nitrogens is 1. The van der Waals surface area contributed by atoms with Crippen molar-refractivity contribution in [2.75, 3.05) is 18.6 Å². The molecule has 0 amide bonds. The molecule has 4 N–H and O–H groups in total. The number of pyridine rings is 1. The van der Waals surface area contributed by atoms with Crippen molar-refractivity contribution in [3.05, 3.63) is 91.6 Å². The number of allylic oxidation sites excluding steroid dienone is 5. The monoisotopic (exact) mass is 641 g/mol. The molecule has 2 aromatic carbocycles. The lowest BCUT2D eigenvalue weighted by Crippen LogP contribution is -2.46. The number of ketones is 5. The van der Waals surface area contributed by atoms with Crippen LogP contribution in [0.15, 0.2) is 47.0 Å². The Labute approximate surface area is 265 Å². The molecule has 234 valence electrons. The summed E-state index contributed by atoms with van der Waals surface area (Å²) < 4.78 is 4.95. The summed E-state index contributed by atoms with van der Waals surface area (Å²) in [5.74, 6) is -8.92. The lowest BCUT2D eigenvalue weighted by atomic mass is 9.68. The number of rotatable bonds is 7. The van der Waals surface area contributed by atoms with E-state index in [1.807, 2.05) is 13.8 Å². The lowest BCUT2D eigenvalue weighted by molar-refractivity contribution is -0.121. The number of Topliss-reactive ketones (excluding diaryl/α,β-unsaturated/α-hetero) is 4. The van der Waals surface area contributed by atoms with Gasteiger partial charge >= 0.3 is 0 Å². The summed E-state index contributed by atoms with van der Waals surface area (Å²) >= 11 is 1.25. The van der Waals surface area contributed by atoms with E-state index in [9.17, 15) is 44.1 Å². The number of fused-ring (bicyclic) bond motifs is 5. The molecular weight excluding hydrogens is 614 g/mol. The number of phenols is 3. The van der Waals surface area contributed by atoms with Gasteiger partial charge in [0.2, 0.25) is 5.78 Å². The maximum Gasteiger partial charge on any atom is 0.260 e. The highest BCUT2D eigenvalue weighted by Crippen LogP contribution is 2.59. The molecule has 2 atom stereocenters. The topological polar surface area (TPSA) is 188 Å². The number of ether oxygens (including phenoxy) is 1. The third-order valence-electron chi connectivity index (χ3n) is 8.76. The second-order valence-electron chi connectivity index (χ2n) is 11.1. The first-order chi connectivity index (χ1) is 21.9. The predicted molar refractivity (Wildman–Crippen MR) is 169 cm³/mol. The van der Waals surface area contributed by atoms with Crippen LogP contribution in [-0.4, -0.2) is 67.8 Å². The Morgan fingerprint density at radius 3 is 2.30 bits per heavy atom. The number of nitrogens with one attached hydrogen (secondary N) is 1. The molecule has 0 radical (unpaired) electrons. The van der Waals surface area contributed by atoms with Crippen molar-refractivity contribution >= 4 is 57.5 Å². The van der Waals surface area contributed by atoms with Gasteiger partial charge in [0.15, 0.2) is 23.1 Å². The normalized spacial score (nSPS) is 20.2. The van der Waals surface area contributed by atoms with Crippen molar-refractivity contribution < 1.29 is 44.0 Å². The summed E-state index contributed by atoms with van der Waals surface area (Å²) in [5, 5.41) is 34.5. The maximum absolute atomic E-state index is 14.6. The van der Waals surface area contributed by atoms with Gasteiger partial charge in [0.05, 0.1) is 40.5 Å². The number of hydrogen-bond acceptors (Lipinski definition) is 11. The number of methoxy groups -OCH3 is 1. The fourth-order valence-electron chi connectivity index (χ4n) is 6.86. The minimum atomic E-state index is -2.50. The molecule has 46 heavy (non-hydrogen) atoms. The molecule has 0 bridgehead atoms. The minimum Gasteiger partial charge on any atom is -0.507 e. The number of aromatic amines is 1. The van der Waals surface area contributed by atoms with Crippen molar-refractivity contribution in [3.63, 3.8) is 0 Å². The van der Waals surface area contributed by atoms with Crippen LogP contribution in [0.4, 0.5) is 0 Å². The van der Waals surface area contributed by atoms with Crippen molar-refractivity contribution in [2.24, 2.45) is 5.92 Å². The molecule has 12 heteroatoms. The minimum absolute atomic E-state index is 0.0961. The van der Waals surface area contributed by atoms with Gasteiger partial charge in [-0.15, -0.1) is 0 Å². The molecule has 0 saturated heterocycles. The van der Waals surface area contributed by atoms with Gasteiger partial charge in [0, 0.05) is 23.3 Å². The van der Waals surface area contributed by atoms with E-state index in [-0.39, 0.29) is 34.1 Å². The first-order valence-electron chi connectivity index (χ1n) is 14.3. The maximum atomic E-state index is 14.6. The number of aromatic nitrogens is 1. The van der Waals surface area contributed by atoms with Gasteiger partial charge in [-0.2, -0.15) is 11.8 Å². The third kappa shape index (κ3) is 3.99. The van der Waals surface area contributed by atoms with E-state index in [1.54, 1.807) is 30.4 Å². The number of thioether (sulfide) groups is 1. The molecule has 3 aromatic rings. The Bertz CT molecular complexity index is 2120. The molecule has 6 rings (SSSR count). The molecular formula is C34H27NO10S. The molecule has 1 heterocycles. The van der Waals surface area contributed by atoms with E-state index in [4.69, 9.17) is 4.74 Å². The Kier molecular flexibility index (Phi) is 7.35. The van der Waals surface area contributed by atoms with E-state index < -0.39 is 91.1 Å². The zero-order valence-corrected chi connectivity index (χ0v) is 25.7. The number of benzene rings is 2. The molecule has 0 saturated carbocycles. The smallest absolute Gasteiger partial charge is 0.260 e. The second-order valence-corrected chi connectivity index (χ2v) is 12.4. The number of phenolic OH excluding ortho intramolecular Hbond substituents is 3. The van der Waals surface area contributed by atoms with Gasteiger partial charge in [-0.1, -0.05) is 31.2 Å². The number of aromatic hydroxyl groups is 3. The second kappa shape index (κ2) is 11.0. The van der Waals surface area contributed by atoms with Gasteiger partial charge in [-0.05, 0) is 42.2 Å². The van der Waals surface area contributed by atoms with E-state index in [2.05, 4.69) is 4.98 Å². The average molecular weight is 642 g/mol. The summed E-state index contributed by atoms with van der Waals surface area (Å²) in [6.07, 6.45) is 7.49. The van der Waals surface area contributed by atoms with Crippen LogP contribution in [0.1, 0.15) is 72.1 Å². The highest BCUT2D eigenvalue weighted by Gasteiger charge is 2.67. The van der Waals surface area contributed by atoms with E-state index in [0.717, 1.165) is 13.2 Å². The number of carbonyl (C=O) groups excluding carboxylic acids is 5. The van der Waals surface area contributed by atoms with Crippen LogP contribution < -0.4 is 5.56 Å². The number of carbonyl (C=O) groups is 5. The van der Waals surface area contributed by atoms with Crippen LogP contribution in [0.5, 0.6) is 17.2 Å². The Balaban J connectivity index is 1.66. The fourth-order valence-corrected chi connectivity index (χ4v) is 7.47. The number of hydrogen-bond donors (Lipinski definition) is 4. The molecule has 1 aromatic heterocycles. The molecule has 0 fully saturated rings. The van der Waals surface area contributed by atoms with Crippen LogP contribution in [0.2, 0.25) is 0 Å². The summed E-state index contributed by atoms with van der Waals surface area (Å²) in [5.41, 5.74) is -5.79. The first-order valence-corrected chi connectivity index (χ1v) is 15.5. The quantitative estimate of drug-likeness (QED) is 0.166. The summed E-state index contributed by atoms with van der Waals surface area (Å²) in [6.45, 7) is 3.65. The largest absolute Gasteiger partial charge is 0.507 e. The standard InChI is InChI=1S/C34H27NO10S/c1-4-6-7-8-16-10-14-9-15-11-17(19(37)13-46-5-2)34(26(15)30(41)21(14)33(44)35-16)31(42)24-25(32(34)43)29(40)23-22(28(24)39)18(36)12-20(45-3)27(23)38/h4,6-10,12,17,39-41H,5,11,13H2,1-3H3,(H,35,44)/b6-4+,8-7+/t17?,34-/m0/s1. The first kappa shape index (κ1) is 30.8. The van der Waals surface area contributed by atoms with E-state index in [1.165, 1.54) is 17.8 Å². The third-order valence-corrected chi connectivity index (χ3v) is 9.66. The highest BCUT2D eigenvalue weighted by atomic mass is 32.2.